The number of halogens is 1. The molecule has 40 heavy (non-hydrogen) atoms. The molecule has 1 saturated heterocycles. The van der Waals surface area contributed by atoms with Gasteiger partial charge in [-0.3, -0.25) is 14.4 Å². The van der Waals surface area contributed by atoms with Crippen LogP contribution < -0.4 is 4.90 Å². The third kappa shape index (κ3) is 5.79. The number of anilines is 1. The summed E-state index contributed by atoms with van der Waals surface area (Å²) in [6.45, 7) is -0.478. The summed E-state index contributed by atoms with van der Waals surface area (Å²) in [7, 11) is 0. The van der Waals surface area contributed by atoms with Crippen molar-refractivity contribution >= 4 is 52.6 Å². The fourth-order valence-electron chi connectivity index (χ4n) is 4.79. The largest absolute Gasteiger partial charge is 0.454 e. The van der Waals surface area contributed by atoms with Gasteiger partial charge in [-0.2, -0.15) is 5.26 Å². The van der Waals surface area contributed by atoms with Crippen molar-refractivity contribution < 1.29 is 23.9 Å². The molecule has 1 aromatic heterocycles. The molecule has 2 aliphatic rings. The zero-order valence-electron chi connectivity index (χ0n) is 21.4. The Morgan fingerprint density at radius 2 is 1.82 bits per heavy atom. The molecule has 2 heterocycles. The minimum atomic E-state index is -0.724. The molecule has 0 spiro atoms. The van der Waals surface area contributed by atoms with E-state index in [2.05, 4.69) is 6.07 Å². The first-order chi connectivity index (χ1) is 19.4. The number of nitrogens with zero attached hydrogens (tertiary/aromatic N) is 3. The number of thioether (sulfide) groups is 1. The second-order valence-corrected chi connectivity index (χ2v) is 11.1. The Morgan fingerprint density at radius 1 is 1.07 bits per heavy atom. The van der Waals surface area contributed by atoms with E-state index in [1.807, 2.05) is 6.07 Å². The monoisotopic (exact) mass is 573 g/mol. The predicted octanol–water partition coefficient (Wildman–Crippen LogP) is 5.34. The molecule has 0 N–H and O–H groups in total. The molecule has 8 nitrogen and oxygen atoms in total. The van der Waals surface area contributed by atoms with Gasteiger partial charge < -0.3 is 4.74 Å². The van der Waals surface area contributed by atoms with E-state index in [0.29, 0.717) is 16.3 Å². The van der Waals surface area contributed by atoms with Crippen LogP contribution in [0.2, 0.25) is 5.02 Å². The molecule has 10 heteroatoms. The van der Waals surface area contributed by atoms with Crippen molar-refractivity contribution in [2.45, 2.75) is 48.8 Å². The number of aromatic nitrogens is 1. The lowest BCUT2D eigenvalue weighted by Crippen LogP contribution is -2.31. The van der Waals surface area contributed by atoms with Crippen molar-refractivity contribution in [3.05, 3.63) is 87.6 Å². The summed E-state index contributed by atoms with van der Waals surface area (Å²) in [4.78, 5) is 56.7. The van der Waals surface area contributed by atoms with Crippen LogP contribution in [-0.4, -0.2) is 40.4 Å². The van der Waals surface area contributed by atoms with Crippen molar-refractivity contribution in [3.8, 4) is 6.07 Å². The Labute approximate surface area is 240 Å². The third-order valence-electron chi connectivity index (χ3n) is 6.87. The number of carbonyl (C=O) groups excluding carboxylic acids is 4. The third-order valence-corrected chi connectivity index (χ3v) is 8.38. The Kier molecular flexibility index (Phi) is 8.29. The maximum atomic E-state index is 13.3. The van der Waals surface area contributed by atoms with Crippen LogP contribution in [0, 0.1) is 11.3 Å². The molecule has 3 aromatic rings. The number of hydrogen-bond acceptors (Lipinski definition) is 8. The van der Waals surface area contributed by atoms with E-state index in [0.717, 1.165) is 60.0 Å². The van der Waals surface area contributed by atoms with Gasteiger partial charge in [0, 0.05) is 17.7 Å². The smallest absolute Gasteiger partial charge is 0.338 e. The number of ketones is 1. The normalized spacial score (nSPS) is 16.7. The minimum absolute atomic E-state index is 0.0267. The lowest BCUT2D eigenvalue weighted by Gasteiger charge is -2.16. The first-order valence-corrected chi connectivity index (χ1v) is 14.1. The van der Waals surface area contributed by atoms with Gasteiger partial charge in [0.25, 0.3) is 0 Å². The number of Topliss-reactive ketones (excluding diaryl/α,β-unsaturated/α-hetero) is 1. The molecule has 0 saturated carbocycles. The summed E-state index contributed by atoms with van der Waals surface area (Å²) in [6, 6.07) is 16.4. The summed E-state index contributed by atoms with van der Waals surface area (Å²) >= 11 is 7.17. The average molecular weight is 574 g/mol. The quantitative estimate of drug-likeness (QED) is 0.161. The van der Waals surface area contributed by atoms with Crippen LogP contribution in [-0.2, 0) is 27.2 Å². The first-order valence-electron chi connectivity index (χ1n) is 12.9. The standard InChI is InChI=1S/C30H24ClN3O5S/c31-23-8-5-4-7-22(23)25(35)17-39-30(38)18-10-12-21(13-11-18)34-27(36)15-26(29(34)37)40-28-20(16-32)14-19-6-2-1-3-9-24(19)33-28/h4-5,7-8,10-14,26H,1-3,6,9,15,17H2. The zero-order chi connectivity index (χ0) is 28.2. The summed E-state index contributed by atoms with van der Waals surface area (Å²) in [5.74, 6) is -1.94. The molecule has 1 unspecified atom stereocenters. The van der Waals surface area contributed by atoms with Gasteiger partial charge in [-0.15, -0.1) is 0 Å². The highest BCUT2D eigenvalue weighted by atomic mass is 35.5. The predicted molar refractivity (Wildman–Crippen MR) is 149 cm³/mol. The van der Waals surface area contributed by atoms with Gasteiger partial charge in [-0.05, 0) is 73.7 Å². The van der Waals surface area contributed by atoms with Crippen molar-refractivity contribution in [1.82, 2.24) is 4.98 Å². The number of fused-ring (bicyclic) bond motifs is 1. The second-order valence-electron chi connectivity index (χ2n) is 9.52. The number of imide groups is 1. The second kappa shape index (κ2) is 12.0. The molecule has 1 aliphatic heterocycles. The average Bonchev–Trinajstić information content (AvgIpc) is 3.10. The minimum Gasteiger partial charge on any atom is -0.454 e. The fourth-order valence-corrected chi connectivity index (χ4v) is 6.13. The van der Waals surface area contributed by atoms with Crippen LogP contribution in [0.5, 0.6) is 0 Å². The van der Waals surface area contributed by atoms with E-state index >= 15 is 0 Å². The van der Waals surface area contributed by atoms with Gasteiger partial charge in [0.2, 0.25) is 17.6 Å². The van der Waals surface area contributed by atoms with E-state index in [-0.39, 0.29) is 28.5 Å². The first kappa shape index (κ1) is 27.6. The fraction of sp³-hybridized carbons (Fsp3) is 0.267. The molecule has 0 bridgehead atoms. The summed E-state index contributed by atoms with van der Waals surface area (Å²) in [5, 5.41) is 9.72. The molecule has 1 fully saturated rings. The highest BCUT2D eigenvalue weighted by Gasteiger charge is 2.41. The maximum absolute atomic E-state index is 13.3. The number of ether oxygens (including phenoxy) is 1. The highest BCUT2D eigenvalue weighted by Crippen LogP contribution is 2.36. The number of hydrogen-bond donors (Lipinski definition) is 0. The van der Waals surface area contributed by atoms with Gasteiger partial charge in [-0.1, -0.05) is 41.9 Å². The molecule has 2 amide bonds. The van der Waals surface area contributed by atoms with Gasteiger partial charge >= 0.3 is 5.97 Å². The molecule has 5 rings (SSSR count). The molecule has 202 valence electrons. The van der Waals surface area contributed by atoms with E-state index in [4.69, 9.17) is 21.3 Å². The molecule has 1 aliphatic carbocycles. The molecular formula is C30H24ClN3O5S. The number of pyridine rings is 1. The Morgan fingerprint density at radius 3 is 2.58 bits per heavy atom. The van der Waals surface area contributed by atoms with Crippen molar-refractivity contribution in [2.75, 3.05) is 11.5 Å². The van der Waals surface area contributed by atoms with E-state index in [1.54, 1.807) is 24.3 Å². The lowest BCUT2D eigenvalue weighted by atomic mass is 10.1. The lowest BCUT2D eigenvalue weighted by molar-refractivity contribution is -0.121. The van der Waals surface area contributed by atoms with Crippen LogP contribution in [0.4, 0.5) is 5.69 Å². The number of rotatable bonds is 7. The van der Waals surface area contributed by atoms with Crippen molar-refractivity contribution in [2.24, 2.45) is 0 Å². The highest BCUT2D eigenvalue weighted by molar-refractivity contribution is 8.00. The summed E-state index contributed by atoms with van der Waals surface area (Å²) < 4.78 is 5.13. The van der Waals surface area contributed by atoms with Crippen molar-refractivity contribution in [1.29, 1.82) is 5.26 Å². The SMILES string of the molecule is N#Cc1cc2c(nc1SC1CC(=O)N(c3ccc(C(=O)OCC(=O)c4ccccc4Cl)cc3)C1=O)CCCCC2. The Balaban J connectivity index is 1.25. The van der Waals surface area contributed by atoms with Crippen LogP contribution in [0.25, 0.3) is 0 Å². The molecule has 2 aromatic carbocycles. The Hall–Kier alpha value is -4.00. The van der Waals surface area contributed by atoms with Crippen LogP contribution in [0.15, 0.2) is 59.6 Å². The van der Waals surface area contributed by atoms with Gasteiger partial charge in [0.15, 0.2) is 6.61 Å². The van der Waals surface area contributed by atoms with Gasteiger partial charge in [-0.25, -0.2) is 14.7 Å². The van der Waals surface area contributed by atoms with E-state index in [1.165, 1.54) is 24.3 Å². The van der Waals surface area contributed by atoms with Crippen LogP contribution in [0.1, 0.15) is 63.2 Å². The Bertz CT molecular complexity index is 1550. The van der Waals surface area contributed by atoms with E-state index < -0.39 is 29.5 Å². The number of nitriles is 1. The number of esters is 1. The number of carbonyl (C=O) groups is 4. The molecule has 0 radical (unpaired) electrons. The number of aryl methyl sites for hydroxylation is 2. The summed E-state index contributed by atoms with van der Waals surface area (Å²) in [6.07, 6.45) is 4.91. The van der Waals surface area contributed by atoms with Crippen LogP contribution in [0.3, 0.4) is 0 Å². The number of benzene rings is 2. The molecule has 1 atom stereocenters. The zero-order valence-corrected chi connectivity index (χ0v) is 23.0. The molecular weight excluding hydrogens is 550 g/mol. The number of amides is 2. The topological polar surface area (TPSA) is 117 Å². The van der Waals surface area contributed by atoms with Gasteiger partial charge in [0.05, 0.1) is 27.1 Å². The van der Waals surface area contributed by atoms with E-state index in [9.17, 15) is 24.4 Å². The summed E-state index contributed by atoms with van der Waals surface area (Å²) in [5.41, 5.74) is 3.20. The van der Waals surface area contributed by atoms with Crippen LogP contribution >= 0.6 is 23.4 Å². The van der Waals surface area contributed by atoms with Crippen molar-refractivity contribution in [3.63, 3.8) is 0 Å². The maximum Gasteiger partial charge on any atom is 0.338 e. The van der Waals surface area contributed by atoms with Gasteiger partial charge in [0.1, 0.15) is 11.1 Å².